The molecule has 1 rings (SSSR count). The first kappa shape index (κ1) is 7.65. The van der Waals surface area contributed by atoms with Crippen LogP contribution in [0.4, 0.5) is 0 Å². The summed E-state index contributed by atoms with van der Waals surface area (Å²) < 4.78 is 5.74. The number of nitrogens with zero attached hydrogens (tertiary/aromatic N) is 1. The van der Waals surface area contributed by atoms with Crippen molar-refractivity contribution in [2.24, 2.45) is 0 Å². The summed E-state index contributed by atoms with van der Waals surface area (Å²) in [7, 11) is 1.32. The van der Waals surface area contributed by atoms with Gasteiger partial charge in [0.25, 0.3) is 0 Å². The Hall–Kier alpha value is -1.45. The van der Waals surface area contributed by atoms with Crippen molar-refractivity contribution < 1.29 is 9.53 Å². The van der Waals surface area contributed by atoms with E-state index in [1.807, 2.05) is 6.92 Å². The van der Waals surface area contributed by atoms with Crippen molar-refractivity contribution >= 4 is 5.97 Å². The molecular formula is C7H10N2O2. The minimum atomic E-state index is -0.416. The average Bonchev–Trinajstić information content (AvgIpc) is 2.28. The summed E-state index contributed by atoms with van der Waals surface area (Å²) in [4.78, 5) is 10.9. The van der Waals surface area contributed by atoms with Gasteiger partial charge >= 0.3 is 5.97 Å². The molecule has 0 radical (unpaired) electrons. The maximum Gasteiger partial charge on any atom is 0.356 e. The fourth-order valence-electron chi connectivity index (χ4n) is 0.885. The maximum atomic E-state index is 10.9. The molecule has 0 aliphatic rings. The van der Waals surface area contributed by atoms with E-state index in [9.17, 15) is 4.79 Å². The molecule has 0 unspecified atom stereocenters. The number of aromatic nitrogens is 1. The van der Waals surface area contributed by atoms with E-state index in [-0.39, 0.29) is 0 Å². The van der Waals surface area contributed by atoms with E-state index < -0.39 is 5.97 Å². The highest BCUT2D eigenvalue weighted by Gasteiger charge is 2.09. The number of carbonyl (C=O) groups excluding carboxylic acids is 1. The first-order valence-electron chi connectivity index (χ1n) is 3.17. The fourth-order valence-corrected chi connectivity index (χ4v) is 0.885. The predicted molar refractivity (Wildman–Crippen MR) is 40.7 cm³/mol. The first-order valence-corrected chi connectivity index (χ1v) is 3.17. The Morgan fingerprint density at radius 2 is 2.36 bits per heavy atom. The largest absolute Gasteiger partial charge is 0.464 e. The average molecular weight is 154 g/mol. The van der Waals surface area contributed by atoms with E-state index in [1.165, 1.54) is 11.8 Å². The van der Waals surface area contributed by atoms with Gasteiger partial charge in [-0.3, -0.25) is 4.68 Å². The third-order valence-electron chi connectivity index (χ3n) is 1.38. The molecule has 4 nitrogen and oxygen atoms in total. The van der Waals surface area contributed by atoms with Gasteiger partial charge in [0.1, 0.15) is 5.69 Å². The van der Waals surface area contributed by atoms with Gasteiger partial charge in [-0.25, -0.2) is 4.79 Å². The van der Waals surface area contributed by atoms with Gasteiger partial charge in [0.05, 0.1) is 7.11 Å². The number of ether oxygens (including phenoxy) is 1. The standard InChI is InChI=1S/C7H10N2O2/c1-5-3-6(7(10)11-2)9(8)4-5/h3-4H,8H2,1-2H3. The van der Waals surface area contributed by atoms with Crippen molar-refractivity contribution in [1.29, 1.82) is 0 Å². The van der Waals surface area contributed by atoms with Crippen molar-refractivity contribution in [1.82, 2.24) is 4.68 Å². The predicted octanol–water partition coefficient (Wildman–Crippen LogP) is 0.297. The van der Waals surface area contributed by atoms with Gasteiger partial charge < -0.3 is 10.6 Å². The van der Waals surface area contributed by atoms with Crippen LogP contribution in [0.15, 0.2) is 12.3 Å². The number of methoxy groups -OCH3 is 1. The van der Waals surface area contributed by atoms with Crippen molar-refractivity contribution in [2.45, 2.75) is 6.92 Å². The normalized spacial score (nSPS) is 9.64. The summed E-state index contributed by atoms with van der Waals surface area (Å²) in [5.74, 6) is 5.02. The van der Waals surface area contributed by atoms with Gasteiger partial charge in [0, 0.05) is 6.20 Å². The monoisotopic (exact) mass is 154 g/mol. The molecule has 11 heavy (non-hydrogen) atoms. The quantitative estimate of drug-likeness (QED) is 0.467. The minimum absolute atomic E-state index is 0.366. The molecule has 0 aliphatic carbocycles. The number of hydrogen-bond donors (Lipinski definition) is 1. The molecule has 1 aromatic heterocycles. The summed E-state index contributed by atoms with van der Waals surface area (Å²) in [6, 6.07) is 1.67. The molecule has 0 atom stereocenters. The molecule has 0 fully saturated rings. The lowest BCUT2D eigenvalue weighted by molar-refractivity contribution is 0.0591. The highest BCUT2D eigenvalue weighted by atomic mass is 16.5. The molecule has 2 N–H and O–H groups in total. The minimum Gasteiger partial charge on any atom is -0.464 e. The Balaban J connectivity index is 3.03. The Morgan fingerprint density at radius 1 is 1.73 bits per heavy atom. The van der Waals surface area contributed by atoms with Crippen LogP contribution in [0.5, 0.6) is 0 Å². The lowest BCUT2D eigenvalue weighted by Crippen LogP contribution is -2.15. The number of hydrogen-bond acceptors (Lipinski definition) is 3. The molecular weight excluding hydrogens is 144 g/mol. The van der Waals surface area contributed by atoms with Crippen LogP contribution in [0.25, 0.3) is 0 Å². The Bertz CT molecular complexity index is 278. The van der Waals surface area contributed by atoms with E-state index in [0.717, 1.165) is 5.56 Å². The number of nitrogen functional groups attached to an aromatic ring is 1. The highest BCUT2D eigenvalue weighted by Crippen LogP contribution is 2.04. The molecule has 0 saturated heterocycles. The summed E-state index contributed by atoms with van der Waals surface area (Å²) in [5.41, 5.74) is 1.30. The SMILES string of the molecule is COC(=O)c1cc(C)cn1N. The number of rotatable bonds is 1. The zero-order valence-corrected chi connectivity index (χ0v) is 6.50. The number of esters is 1. The number of aryl methyl sites for hydroxylation is 1. The topological polar surface area (TPSA) is 57.2 Å². The van der Waals surface area contributed by atoms with Crippen molar-refractivity contribution in [3.05, 3.63) is 23.5 Å². The fraction of sp³-hybridized carbons (Fsp3) is 0.286. The van der Waals surface area contributed by atoms with E-state index in [4.69, 9.17) is 5.84 Å². The first-order chi connectivity index (χ1) is 5.15. The second kappa shape index (κ2) is 2.65. The van der Waals surface area contributed by atoms with Crippen LogP contribution in [0.2, 0.25) is 0 Å². The maximum absolute atomic E-state index is 10.9. The summed E-state index contributed by atoms with van der Waals surface area (Å²) in [6.45, 7) is 1.86. The molecule has 0 amide bonds. The van der Waals surface area contributed by atoms with Crippen LogP contribution >= 0.6 is 0 Å². The zero-order chi connectivity index (χ0) is 8.43. The highest BCUT2D eigenvalue weighted by molar-refractivity contribution is 5.87. The molecule has 1 aromatic rings. The Kier molecular flexibility index (Phi) is 1.85. The number of nitrogens with two attached hydrogens (primary N) is 1. The van der Waals surface area contributed by atoms with E-state index in [1.54, 1.807) is 12.3 Å². The molecule has 0 bridgehead atoms. The molecule has 0 aliphatic heterocycles. The van der Waals surface area contributed by atoms with Crippen LogP contribution in [0.3, 0.4) is 0 Å². The van der Waals surface area contributed by atoms with Crippen LogP contribution in [-0.4, -0.2) is 17.8 Å². The van der Waals surface area contributed by atoms with Crippen LogP contribution < -0.4 is 5.84 Å². The molecule has 0 saturated carbocycles. The van der Waals surface area contributed by atoms with Gasteiger partial charge in [0.2, 0.25) is 0 Å². The van der Waals surface area contributed by atoms with Crippen LogP contribution in [-0.2, 0) is 4.74 Å². The molecule has 60 valence electrons. The zero-order valence-electron chi connectivity index (χ0n) is 6.50. The van der Waals surface area contributed by atoms with Gasteiger partial charge in [0.15, 0.2) is 0 Å². The second-order valence-electron chi connectivity index (χ2n) is 2.30. The van der Waals surface area contributed by atoms with Crippen molar-refractivity contribution in [3.63, 3.8) is 0 Å². The van der Waals surface area contributed by atoms with Crippen LogP contribution in [0, 0.1) is 6.92 Å². The van der Waals surface area contributed by atoms with E-state index in [2.05, 4.69) is 4.74 Å². The van der Waals surface area contributed by atoms with Crippen molar-refractivity contribution in [3.8, 4) is 0 Å². The molecule has 0 aromatic carbocycles. The van der Waals surface area contributed by atoms with Gasteiger partial charge in [-0.05, 0) is 18.6 Å². The third-order valence-corrected chi connectivity index (χ3v) is 1.38. The molecule has 1 heterocycles. The summed E-state index contributed by atoms with van der Waals surface area (Å²) >= 11 is 0. The smallest absolute Gasteiger partial charge is 0.356 e. The molecule has 4 heteroatoms. The van der Waals surface area contributed by atoms with E-state index >= 15 is 0 Å². The lowest BCUT2D eigenvalue weighted by Gasteiger charge is -1.98. The second-order valence-corrected chi connectivity index (χ2v) is 2.30. The number of carbonyl (C=O) groups is 1. The van der Waals surface area contributed by atoms with Gasteiger partial charge in [-0.1, -0.05) is 0 Å². The van der Waals surface area contributed by atoms with Crippen molar-refractivity contribution in [2.75, 3.05) is 13.0 Å². The molecule has 0 spiro atoms. The van der Waals surface area contributed by atoms with E-state index in [0.29, 0.717) is 5.69 Å². The van der Waals surface area contributed by atoms with Gasteiger partial charge in [-0.2, -0.15) is 0 Å². The third kappa shape index (κ3) is 1.34. The lowest BCUT2D eigenvalue weighted by atomic mass is 10.3. The summed E-state index contributed by atoms with van der Waals surface area (Å²) in [5, 5.41) is 0. The summed E-state index contributed by atoms with van der Waals surface area (Å²) in [6.07, 6.45) is 1.66. The van der Waals surface area contributed by atoms with Crippen LogP contribution in [0.1, 0.15) is 16.1 Å². The Labute approximate surface area is 64.5 Å². The Morgan fingerprint density at radius 3 is 2.73 bits per heavy atom. The van der Waals surface area contributed by atoms with Gasteiger partial charge in [-0.15, -0.1) is 0 Å².